The van der Waals surface area contributed by atoms with Crippen LogP contribution in [0.25, 0.3) is 0 Å². The van der Waals surface area contributed by atoms with E-state index in [1.807, 2.05) is 26.0 Å². The van der Waals surface area contributed by atoms with Crippen LogP contribution in [0.1, 0.15) is 23.1 Å². The zero-order chi connectivity index (χ0) is 12.8. The fourth-order valence-electron chi connectivity index (χ4n) is 1.49. The Bertz CT molecular complexity index is 399. The number of hydrogen-bond acceptors (Lipinski definition) is 3. The van der Waals surface area contributed by atoms with Gasteiger partial charge in [-0.15, -0.1) is 0 Å². The lowest BCUT2D eigenvalue weighted by atomic mass is 10.1. The molecule has 0 saturated carbocycles. The average Bonchev–Trinajstić information content (AvgIpc) is 2.28. The molecular weight excluding hydrogens is 220 g/mol. The summed E-state index contributed by atoms with van der Waals surface area (Å²) in [6.45, 7) is 4.63. The molecule has 0 fully saturated rings. The highest BCUT2D eigenvalue weighted by molar-refractivity contribution is 5.66. The van der Waals surface area contributed by atoms with Crippen LogP contribution in [-0.2, 0) is 16.1 Å². The fourth-order valence-corrected chi connectivity index (χ4v) is 1.49. The first kappa shape index (κ1) is 13.5. The van der Waals surface area contributed by atoms with Gasteiger partial charge in [0.2, 0.25) is 0 Å². The van der Waals surface area contributed by atoms with Crippen molar-refractivity contribution in [1.82, 2.24) is 0 Å². The lowest BCUT2D eigenvalue weighted by molar-refractivity contribution is -0.138. The van der Waals surface area contributed by atoms with Crippen LogP contribution in [0.4, 0.5) is 0 Å². The van der Waals surface area contributed by atoms with E-state index < -0.39 is 5.97 Å². The van der Waals surface area contributed by atoms with E-state index in [0.717, 1.165) is 16.9 Å². The third kappa shape index (κ3) is 4.07. The zero-order valence-electron chi connectivity index (χ0n) is 10.4. The van der Waals surface area contributed by atoms with E-state index in [2.05, 4.69) is 0 Å². The molecule has 0 atom stereocenters. The molecule has 4 nitrogen and oxygen atoms in total. The van der Waals surface area contributed by atoms with Gasteiger partial charge in [-0.1, -0.05) is 0 Å². The second kappa shape index (κ2) is 6.25. The number of carboxylic acids is 1. The predicted octanol–water partition coefficient (Wildman–Crippen LogP) is 2.30. The molecule has 4 heteroatoms. The molecule has 0 spiro atoms. The summed E-state index contributed by atoms with van der Waals surface area (Å²) in [5.74, 6) is -0.0690. The molecule has 0 amide bonds. The van der Waals surface area contributed by atoms with Gasteiger partial charge in [0.25, 0.3) is 0 Å². The number of aliphatic carboxylic acids is 1. The molecule has 0 heterocycles. The van der Waals surface area contributed by atoms with E-state index in [-0.39, 0.29) is 13.0 Å². The van der Waals surface area contributed by atoms with Crippen LogP contribution in [0, 0.1) is 13.8 Å². The smallest absolute Gasteiger partial charge is 0.305 e. The van der Waals surface area contributed by atoms with Crippen molar-refractivity contribution in [2.75, 3.05) is 13.7 Å². The number of carboxylic acid groups (broad SMARTS) is 1. The van der Waals surface area contributed by atoms with Gasteiger partial charge in [0.15, 0.2) is 0 Å². The van der Waals surface area contributed by atoms with E-state index in [4.69, 9.17) is 14.6 Å². The van der Waals surface area contributed by atoms with Crippen LogP contribution >= 0.6 is 0 Å². The molecule has 1 rings (SSSR count). The van der Waals surface area contributed by atoms with Crippen molar-refractivity contribution >= 4 is 5.97 Å². The summed E-state index contributed by atoms with van der Waals surface area (Å²) < 4.78 is 10.6. The first-order chi connectivity index (χ1) is 8.04. The lowest BCUT2D eigenvalue weighted by Crippen LogP contribution is -2.04. The predicted molar refractivity (Wildman–Crippen MR) is 64.4 cm³/mol. The second-order valence-electron chi connectivity index (χ2n) is 3.94. The van der Waals surface area contributed by atoms with E-state index in [1.54, 1.807) is 7.11 Å². The largest absolute Gasteiger partial charge is 0.496 e. The molecule has 0 aromatic heterocycles. The highest BCUT2D eigenvalue weighted by Crippen LogP contribution is 2.23. The van der Waals surface area contributed by atoms with Gasteiger partial charge in [-0.3, -0.25) is 4.79 Å². The summed E-state index contributed by atoms with van der Waals surface area (Å²) >= 11 is 0. The van der Waals surface area contributed by atoms with Gasteiger partial charge in [0.1, 0.15) is 5.75 Å². The lowest BCUT2D eigenvalue weighted by Gasteiger charge is -2.11. The normalized spacial score (nSPS) is 10.3. The molecule has 0 bridgehead atoms. The summed E-state index contributed by atoms with van der Waals surface area (Å²) in [5.41, 5.74) is 3.28. The second-order valence-corrected chi connectivity index (χ2v) is 3.94. The van der Waals surface area contributed by atoms with Crippen molar-refractivity contribution < 1.29 is 19.4 Å². The topological polar surface area (TPSA) is 55.8 Å². The Balaban J connectivity index is 2.63. The minimum absolute atomic E-state index is 0.0210. The summed E-state index contributed by atoms with van der Waals surface area (Å²) in [4.78, 5) is 10.3. The Morgan fingerprint density at radius 2 is 1.94 bits per heavy atom. The standard InChI is InChI=1S/C13H18O4/c1-9-6-11(8-17-5-4-13(14)15)12(16-3)7-10(9)2/h6-7H,4-5,8H2,1-3H3,(H,14,15). The Hall–Kier alpha value is -1.55. The van der Waals surface area contributed by atoms with Crippen molar-refractivity contribution in [2.45, 2.75) is 26.9 Å². The van der Waals surface area contributed by atoms with Gasteiger partial charge >= 0.3 is 5.97 Å². The Labute approximate surface area is 101 Å². The molecule has 0 aliphatic rings. The zero-order valence-corrected chi connectivity index (χ0v) is 10.4. The van der Waals surface area contributed by atoms with Crippen LogP contribution in [0.5, 0.6) is 5.75 Å². The minimum Gasteiger partial charge on any atom is -0.496 e. The van der Waals surface area contributed by atoms with Crippen molar-refractivity contribution in [3.63, 3.8) is 0 Å². The third-order valence-electron chi connectivity index (χ3n) is 2.61. The third-order valence-corrected chi connectivity index (χ3v) is 2.61. The molecule has 1 aromatic rings. The number of methoxy groups -OCH3 is 1. The molecule has 1 N–H and O–H groups in total. The van der Waals surface area contributed by atoms with Crippen molar-refractivity contribution in [1.29, 1.82) is 0 Å². The number of hydrogen-bond donors (Lipinski definition) is 1. The molecule has 0 aliphatic heterocycles. The number of aryl methyl sites for hydroxylation is 2. The number of ether oxygens (including phenoxy) is 2. The van der Waals surface area contributed by atoms with Gasteiger partial charge < -0.3 is 14.6 Å². The van der Waals surface area contributed by atoms with Crippen LogP contribution in [-0.4, -0.2) is 24.8 Å². The molecule has 94 valence electrons. The maximum Gasteiger partial charge on any atom is 0.305 e. The molecule has 0 radical (unpaired) electrons. The Kier molecular flexibility index (Phi) is 4.97. The van der Waals surface area contributed by atoms with Gasteiger partial charge in [0, 0.05) is 5.56 Å². The summed E-state index contributed by atoms with van der Waals surface area (Å²) in [6, 6.07) is 3.97. The number of rotatable bonds is 6. The first-order valence-electron chi connectivity index (χ1n) is 5.48. The highest BCUT2D eigenvalue weighted by Gasteiger charge is 2.06. The van der Waals surface area contributed by atoms with Gasteiger partial charge in [-0.05, 0) is 37.1 Å². The molecule has 1 aromatic carbocycles. The fraction of sp³-hybridized carbons (Fsp3) is 0.462. The van der Waals surface area contributed by atoms with Crippen molar-refractivity contribution in [2.24, 2.45) is 0 Å². The van der Waals surface area contributed by atoms with Crippen LogP contribution in [0.2, 0.25) is 0 Å². The average molecular weight is 238 g/mol. The van der Waals surface area contributed by atoms with Crippen molar-refractivity contribution in [3.8, 4) is 5.75 Å². The maximum absolute atomic E-state index is 10.3. The number of benzene rings is 1. The minimum atomic E-state index is -0.850. The van der Waals surface area contributed by atoms with Gasteiger partial charge in [-0.25, -0.2) is 0 Å². The molecule has 0 saturated heterocycles. The quantitative estimate of drug-likeness (QED) is 0.773. The first-order valence-corrected chi connectivity index (χ1v) is 5.48. The van der Waals surface area contributed by atoms with E-state index >= 15 is 0 Å². The maximum atomic E-state index is 10.3. The summed E-state index contributed by atoms with van der Waals surface area (Å²) in [7, 11) is 1.62. The van der Waals surface area contributed by atoms with Crippen molar-refractivity contribution in [3.05, 3.63) is 28.8 Å². The van der Waals surface area contributed by atoms with Crippen LogP contribution in [0.3, 0.4) is 0 Å². The Morgan fingerprint density at radius 3 is 2.53 bits per heavy atom. The van der Waals surface area contributed by atoms with E-state index in [9.17, 15) is 4.79 Å². The van der Waals surface area contributed by atoms with E-state index in [1.165, 1.54) is 5.56 Å². The summed E-state index contributed by atoms with van der Waals surface area (Å²) in [5, 5.41) is 8.49. The molecular formula is C13H18O4. The molecule has 0 aliphatic carbocycles. The van der Waals surface area contributed by atoms with E-state index in [0.29, 0.717) is 6.61 Å². The molecule has 17 heavy (non-hydrogen) atoms. The van der Waals surface area contributed by atoms with Gasteiger partial charge in [-0.2, -0.15) is 0 Å². The van der Waals surface area contributed by atoms with Gasteiger partial charge in [0.05, 0.1) is 26.7 Å². The Morgan fingerprint density at radius 1 is 1.29 bits per heavy atom. The molecule has 0 unspecified atom stereocenters. The monoisotopic (exact) mass is 238 g/mol. The van der Waals surface area contributed by atoms with Crippen LogP contribution in [0.15, 0.2) is 12.1 Å². The SMILES string of the molecule is COc1cc(C)c(C)cc1COCCC(=O)O. The highest BCUT2D eigenvalue weighted by atomic mass is 16.5. The van der Waals surface area contributed by atoms with Crippen LogP contribution < -0.4 is 4.74 Å². The summed E-state index contributed by atoms with van der Waals surface area (Å²) in [6.07, 6.45) is 0.0210. The number of carbonyl (C=O) groups is 1.